The van der Waals surface area contributed by atoms with E-state index in [-0.39, 0.29) is 35.8 Å². The molecule has 11 heteroatoms. The van der Waals surface area contributed by atoms with Gasteiger partial charge in [-0.1, -0.05) is 6.07 Å². The molecule has 4 rings (SSSR count). The third kappa shape index (κ3) is 4.96. The first-order valence-corrected chi connectivity index (χ1v) is 10.1. The molecule has 1 aliphatic carbocycles. The number of alkyl halides is 3. The summed E-state index contributed by atoms with van der Waals surface area (Å²) in [5, 5.41) is 8.93. The maximum atomic E-state index is 13.9. The minimum absolute atomic E-state index is 0.00296. The zero-order chi connectivity index (χ0) is 24.5. The van der Waals surface area contributed by atoms with E-state index in [4.69, 9.17) is 14.7 Å². The quantitative estimate of drug-likeness (QED) is 0.603. The van der Waals surface area contributed by atoms with E-state index in [1.54, 1.807) is 19.2 Å². The number of likely N-dealkylation sites (N-methyl/N-ethyl adjacent to an activating group) is 1. The smallest absolute Gasteiger partial charge is 0.419 e. The van der Waals surface area contributed by atoms with Crippen molar-refractivity contribution in [3.8, 4) is 17.7 Å². The Hall–Kier alpha value is -4.07. The summed E-state index contributed by atoms with van der Waals surface area (Å²) in [4.78, 5) is 17.8. The Balaban J connectivity index is 1.57. The lowest BCUT2D eigenvalue weighted by molar-refractivity contribution is -0.138. The normalized spacial score (nSPS) is 15.5. The number of nitriles is 1. The molecule has 0 radical (unpaired) electrons. The van der Waals surface area contributed by atoms with Crippen LogP contribution in [-0.2, 0) is 19.3 Å². The molecule has 1 aromatic heterocycles. The number of aromatic nitrogens is 2. The molecule has 2 heterocycles. The molecule has 0 atom stereocenters. The highest BCUT2D eigenvalue weighted by atomic mass is 19.4. The highest BCUT2D eigenvalue weighted by Gasteiger charge is 2.35. The lowest BCUT2D eigenvalue weighted by atomic mass is 10.1. The van der Waals surface area contributed by atoms with Gasteiger partial charge in [0.15, 0.2) is 0 Å². The third-order valence-electron chi connectivity index (χ3n) is 5.23. The van der Waals surface area contributed by atoms with Gasteiger partial charge in [-0.25, -0.2) is 9.18 Å². The number of halogens is 4. The van der Waals surface area contributed by atoms with Crippen molar-refractivity contribution in [3.05, 3.63) is 81.3 Å². The molecular formula is C23H18F4N4O3. The lowest BCUT2D eigenvalue weighted by Crippen LogP contribution is -2.22. The molecule has 0 N–H and O–H groups in total. The van der Waals surface area contributed by atoms with Crippen molar-refractivity contribution in [2.45, 2.75) is 25.7 Å². The van der Waals surface area contributed by atoms with Crippen LogP contribution in [0.5, 0.6) is 11.6 Å². The Morgan fingerprint density at radius 3 is 2.74 bits per heavy atom. The molecule has 0 fully saturated rings. The highest BCUT2D eigenvalue weighted by molar-refractivity contribution is 5.45. The van der Waals surface area contributed by atoms with Crippen LogP contribution in [-0.4, -0.2) is 23.1 Å². The molecule has 0 saturated heterocycles. The summed E-state index contributed by atoms with van der Waals surface area (Å²) in [5.41, 5.74) is -1.30. The maximum Gasteiger partial charge on any atom is 0.419 e. The molecule has 1 aromatic carbocycles. The highest BCUT2D eigenvalue weighted by Crippen LogP contribution is 2.38. The fourth-order valence-corrected chi connectivity index (χ4v) is 3.52. The van der Waals surface area contributed by atoms with Gasteiger partial charge in [0.2, 0.25) is 5.88 Å². The number of allylic oxidation sites excluding steroid dienone is 5. The van der Waals surface area contributed by atoms with Crippen LogP contribution in [0.4, 0.5) is 23.4 Å². The van der Waals surface area contributed by atoms with Gasteiger partial charge in [0.25, 0.3) is 0 Å². The number of rotatable bonds is 5. The largest absolute Gasteiger partial charge is 0.473 e. The van der Waals surface area contributed by atoms with Crippen LogP contribution in [0, 0.1) is 11.3 Å². The Morgan fingerprint density at radius 1 is 1.21 bits per heavy atom. The SMILES string of the molecule is CN1CCn2c1cc(OCc1ccc(OC3=CC=C(C#N)CC(F)=C3)c(C(F)(F)F)c1)nc2=O. The summed E-state index contributed by atoms with van der Waals surface area (Å²) in [5.74, 6) is -0.804. The minimum Gasteiger partial charge on any atom is -0.473 e. The summed E-state index contributed by atoms with van der Waals surface area (Å²) in [7, 11) is 1.80. The van der Waals surface area contributed by atoms with Crippen LogP contribution < -0.4 is 20.1 Å². The summed E-state index contributed by atoms with van der Waals surface area (Å²) in [6, 6.07) is 6.69. The first-order chi connectivity index (χ1) is 16.1. The van der Waals surface area contributed by atoms with Crippen LogP contribution in [0.2, 0.25) is 0 Å². The van der Waals surface area contributed by atoms with Gasteiger partial charge in [-0.05, 0) is 29.8 Å². The minimum atomic E-state index is -4.76. The summed E-state index contributed by atoms with van der Waals surface area (Å²) in [6.07, 6.45) is -1.57. The van der Waals surface area contributed by atoms with E-state index in [1.807, 2.05) is 4.90 Å². The molecule has 0 amide bonds. The first kappa shape index (κ1) is 23.1. The molecule has 34 heavy (non-hydrogen) atoms. The molecule has 176 valence electrons. The van der Waals surface area contributed by atoms with Crippen molar-refractivity contribution >= 4 is 5.82 Å². The summed E-state index contributed by atoms with van der Waals surface area (Å²) in [6.45, 7) is 0.867. The molecule has 0 spiro atoms. The predicted molar refractivity (Wildman–Crippen MR) is 114 cm³/mol. The van der Waals surface area contributed by atoms with E-state index in [1.165, 1.54) is 22.8 Å². The van der Waals surface area contributed by atoms with E-state index in [0.29, 0.717) is 18.9 Å². The second-order valence-corrected chi connectivity index (χ2v) is 7.67. The first-order valence-electron chi connectivity index (χ1n) is 10.1. The van der Waals surface area contributed by atoms with E-state index in [2.05, 4.69) is 4.98 Å². The number of anilines is 1. The zero-order valence-electron chi connectivity index (χ0n) is 17.9. The van der Waals surface area contributed by atoms with Gasteiger partial charge in [0.1, 0.15) is 29.8 Å². The molecule has 7 nitrogen and oxygen atoms in total. The van der Waals surface area contributed by atoms with E-state index in [0.717, 1.165) is 18.2 Å². The van der Waals surface area contributed by atoms with Crippen molar-refractivity contribution in [1.29, 1.82) is 5.26 Å². The van der Waals surface area contributed by atoms with Crippen molar-refractivity contribution in [2.24, 2.45) is 0 Å². The summed E-state index contributed by atoms with van der Waals surface area (Å²) < 4.78 is 67.4. The third-order valence-corrected chi connectivity index (χ3v) is 5.23. The fourth-order valence-electron chi connectivity index (χ4n) is 3.52. The number of hydrogen-bond acceptors (Lipinski definition) is 6. The van der Waals surface area contributed by atoms with Crippen LogP contribution >= 0.6 is 0 Å². The average molecular weight is 474 g/mol. The van der Waals surface area contributed by atoms with Gasteiger partial charge in [0.05, 0.1) is 11.6 Å². The molecule has 1 aliphatic heterocycles. The Morgan fingerprint density at radius 2 is 2.00 bits per heavy atom. The summed E-state index contributed by atoms with van der Waals surface area (Å²) >= 11 is 0. The number of hydrogen-bond donors (Lipinski definition) is 0. The molecule has 2 aromatic rings. The maximum absolute atomic E-state index is 13.9. The van der Waals surface area contributed by atoms with Crippen LogP contribution in [0.1, 0.15) is 17.5 Å². The molecule has 0 saturated carbocycles. The monoisotopic (exact) mass is 474 g/mol. The zero-order valence-corrected chi connectivity index (χ0v) is 17.9. The topological polar surface area (TPSA) is 80.4 Å². The second-order valence-electron chi connectivity index (χ2n) is 7.67. The van der Waals surface area contributed by atoms with Crippen molar-refractivity contribution in [2.75, 3.05) is 18.5 Å². The standard InChI is InChI=1S/C23H18F4N4O3/c1-30-6-7-31-21(30)11-20(29-22(31)32)33-13-15-3-5-19(18(9-15)23(25,26)27)34-17-4-2-14(12-28)8-16(24)10-17/h2-5,9-11H,6-8,13H2,1H3. The number of benzene rings is 1. The lowest BCUT2D eigenvalue weighted by Gasteiger charge is -2.16. The van der Waals surface area contributed by atoms with Crippen LogP contribution in [0.3, 0.4) is 0 Å². The Labute approximate surface area is 191 Å². The fraction of sp³-hybridized carbons (Fsp3) is 0.261. The molecule has 2 aliphatic rings. The Bertz CT molecular complexity index is 1320. The van der Waals surface area contributed by atoms with Crippen LogP contribution in [0.15, 0.2) is 64.4 Å². The van der Waals surface area contributed by atoms with Gasteiger partial charge in [0, 0.05) is 44.3 Å². The van der Waals surface area contributed by atoms with Crippen LogP contribution in [0.25, 0.3) is 0 Å². The van der Waals surface area contributed by atoms with Crippen molar-refractivity contribution < 1.29 is 27.0 Å². The number of nitrogens with zero attached hydrogens (tertiary/aromatic N) is 4. The second kappa shape index (κ2) is 9.05. The molecule has 0 bridgehead atoms. The van der Waals surface area contributed by atoms with Gasteiger partial charge < -0.3 is 14.4 Å². The van der Waals surface area contributed by atoms with Crippen molar-refractivity contribution in [3.63, 3.8) is 0 Å². The van der Waals surface area contributed by atoms with E-state index < -0.39 is 29.0 Å². The molecule has 0 unspecified atom stereocenters. The Kier molecular flexibility index (Phi) is 6.15. The van der Waals surface area contributed by atoms with E-state index in [9.17, 15) is 22.4 Å². The van der Waals surface area contributed by atoms with Gasteiger partial charge in [-0.2, -0.15) is 23.4 Å². The van der Waals surface area contributed by atoms with Gasteiger partial charge in [-0.3, -0.25) is 4.57 Å². The number of ether oxygens (including phenoxy) is 2. The van der Waals surface area contributed by atoms with Crippen molar-refractivity contribution in [1.82, 2.24) is 9.55 Å². The molecular weight excluding hydrogens is 456 g/mol. The predicted octanol–water partition coefficient (Wildman–Crippen LogP) is 4.26. The van der Waals surface area contributed by atoms with Gasteiger partial charge in [-0.15, -0.1) is 0 Å². The van der Waals surface area contributed by atoms with E-state index >= 15 is 0 Å². The average Bonchev–Trinajstić information content (AvgIpc) is 3.05. The van der Waals surface area contributed by atoms with Gasteiger partial charge >= 0.3 is 11.9 Å². The number of fused-ring (bicyclic) bond motifs is 1.